The van der Waals surface area contributed by atoms with Gasteiger partial charge in [0.1, 0.15) is 5.82 Å². The fourth-order valence-electron chi connectivity index (χ4n) is 1.84. The second-order valence-corrected chi connectivity index (χ2v) is 6.18. The molecule has 0 aliphatic heterocycles. The van der Waals surface area contributed by atoms with E-state index in [0.29, 0.717) is 11.7 Å². The molecule has 0 radical (unpaired) electrons. The molecule has 2 aromatic heterocycles. The van der Waals surface area contributed by atoms with Crippen molar-refractivity contribution in [2.45, 2.75) is 38.4 Å². The van der Waals surface area contributed by atoms with E-state index in [1.54, 1.807) is 11.3 Å². The molecule has 2 aromatic rings. The SMILES string of the molecule is CCCc1nnc(SCC(=O)O)n1Cc1cscc1C. The Morgan fingerprint density at radius 1 is 1.45 bits per heavy atom. The van der Waals surface area contributed by atoms with Crippen LogP contribution in [0.2, 0.25) is 0 Å². The summed E-state index contributed by atoms with van der Waals surface area (Å²) in [5.74, 6) is 0.0895. The van der Waals surface area contributed by atoms with Crippen LogP contribution in [-0.4, -0.2) is 31.6 Å². The summed E-state index contributed by atoms with van der Waals surface area (Å²) in [4.78, 5) is 10.7. The molecule has 0 unspecified atom stereocenters. The van der Waals surface area contributed by atoms with Crippen molar-refractivity contribution in [3.8, 4) is 0 Å². The van der Waals surface area contributed by atoms with Crippen LogP contribution in [-0.2, 0) is 17.8 Å². The first-order valence-corrected chi connectivity index (χ1v) is 8.33. The van der Waals surface area contributed by atoms with Gasteiger partial charge in [-0.2, -0.15) is 11.3 Å². The molecule has 0 aromatic carbocycles. The molecular formula is C13H17N3O2S2. The second-order valence-electron chi connectivity index (χ2n) is 4.50. The largest absolute Gasteiger partial charge is 0.481 e. The predicted molar refractivity (Wildman–Crippen MR) is 80.5 cm³/mol. The van der Waals surface area contributed by atoms with Gasteiger partial charge in [-0.3, -0.25) is 4.79 Å². The Hall–Kier alpha value is -1.34. The lowest BCUT2D eigenvalue weighted by atomic mass is 10.2. The molecule has 5 nitrogen and oxygen atoms in total. The van der Waals surface area contributed by atoms with E-state index in [1.165, 1.54) is 22.9 Å². The third-order valence-electron chi connectivity index (χ3n) is 2.88. The smallest absolute Gasteiger partial charge is 0.313 e. The van der Waals surface area contributed by atoms with Crippen LogP contribution in [0.5, 0.6) is 0 Å². The third-order valence-corrected chi connectivity index (χ3v) is 4.74. The van der Waals surface area contributed by atoms with E-state index < -0.39 is 5.97 Å². The van der Waals surface area contributed by atoms with Gasteiger partial charge in [0.25, 0.3) is 0 Å². The topological polar surface area (TPSA) is 68.0 Å². The number of aromatic nitrogens is 3. The number of thiophene rings is 1. The molecule has 1 N–H and O–H groups in total. The van der Waals surface area contributed by atoms with Crippen LogP contribution in [0.15, 0.2) is 15.9 Å². The van der Waals surface area contributed by atoms with Gasteiger partial charge in [0.05, 0.1) is 12.3 Å². The lowest BCUT2D eigenvalue weighted by Crippen LogP contribution is -2.08. The van der Waals surface area contributed by atoms with Crippen molar-refractivity contribution in [1.29, 1.82) is 0 Å². The van der Waals surface area contributed by atoms with Gasteiger partial charge >= 0.3 is 5.97 Å². The Balaban J connectivity index is 2.24. The summed E-state index contributed by atoms with van der Waals surface area (Å²) in [7, 11) is 0. The summed E-state index contributed by atoms with van der Waals surface area (Å²) in [6, 6.07) is 0. The summed E-state index contributed by atoms with van der Waals surface area (Å²) >= 11 is 2.90. The molecule has 0 aliphatic rings. The summed E-state index contributed by atoms with van der Waals surface area (Å²) in [5, 5.41) is 22.0. The quantitative estimate of drug-likeness (QED) is 0.796. The second kappa shape index (κ2) is 6.90. The van der Waals surface area contributed by atoms with E-state index in [-0.39, 0.29) is 5.75 Å². The van der Waals surface area contributed by atoms with Crippen LogP contribution in [0.1, 0.15) is 30.3 Å². The summed E-state index contributed by atoms with van der Waals surface area (Å²) < 4.78 is 2.03. The van der Waals surface area contributed by atoms with Gasteiger partial charge in [-0.1, -0.05) is 18.7 Å². The fourth-order valence-corrected chi connectivity index (χ4v) is 3.36. The highest BCUT2D eigenvalue weighted by Gasteiger charge is 2.14. The van der Waals surface area contributed by atoms with Crippen molar-refractivity contribution in [2.24, 2.45) is 0 Å². The van der Waals surface area contributed by atoms with E-state index >= 15 is 0 Å². The normalized spacial score (nSPS) is 10.9. The van der Waals surface area contributed by atoms with Crippen molar-refractivity contribution in [1.82, 2.24) is 14.8 Å². The van der Waals surface area contributed by atoms with E-state index in [9.17, 15) is 4.79 Å². The number of carboxylic acid groups (broad SMARTS) is 1. The van der Waals surface area contributed by atoms with Crippen molar-refractivity contribution < 1.29 is 9.90 Å². The molecule has 2 rings (SSSR count). The minimum Gasteiger partial charge on any atom is -0.481 e. The van der Waals surface area contributed by atoms with Gasteiger partial charge < -0.3 is 9.67 Å². The molecule has 0 fully saturated rings. The van der Waals surface area contributed by atoms with Crippen LogP contribution >= 0.6 is 23.1 Å². The standard InChI is InChI=1S/C13H17N3O2S2/c1-3-4-11-14-15-13(20-8-12(17)18)16(11)5-10-7-19-6-9(10)2/h6-7H,3-5,8H2,1-2H3,(H,17,18). The number of aryl methyl sites for hydroxylation is 2. The highest BCUT2D eigenvalue weighted by molar-refractivity contribution is 7.99. The van der Waals surface area contributed by atoms with Crippen molar-refractivity contribution in [2.75, 3.05) is 5.75 Å². The Labute approximate surface area is 126 Å². The van der Waals surface area contributed by atoms with Gasteiger partial charge in [0.2, 0.25) is 0 Å². The van der Waals surface area contributed by atoms with Crippen molar-refractivity contribution in [3.05, 3.63) is 27.7 Å². The monoisotopic (exact) mass is 311 g/mol. The molecule has 0 saturated heterocycles. The minimum atomic E-state index is -0.840. The molecule has 108 valence electrons. The zero-order valence-electron chi connectivity index (χ0n) is 11.5. The molecule has 0 saturated carbocycles. The Kier molecular flexibility index (Phi) is 5.19. The van der Waals surface area contributed by atoms with E-state index in [1.807, 2.05) is 4.57 Å². The van der Waals surface area contributed by atoms with Gasteiger partial charge in [-0.15, -0.1) is 10.2 Å². The highest BCUT2D eigenvalue weighted by Crippen LogP contribution is 2.22. The number of carbonyl (C=O) groups is 1. The van der Waals surface area contributed by atoms with E-state index in [0.717, 1.165) is 18.7 Å². The summed E-state index contributed by atoms with van der Waals surface area (Å²) in [6.07, 6.45) is 1.84. The molecule has 2 heterocycles. The number of carboxylic acids is 1. The van der Waals surface area contributed by atoms with E-state index in [4.69, 9.17) is 5.11 Å². The maximum atomic E-state index is 10.7. The lowest BCUT2D eigenvalue weighted by molar-refractivity contribution is -0.133. The van der Waals surface area contributed by atoms with Crippen LogP contribution in [0, 0.1) is 6.92 Å². The van der Waals surface area contributed by atoms with Crippen molar-refractivity contribution >= 4 is 29.1 Å². The zero-order valence-corrected chi connectivity index (χ0v) is 13.1. The zero-order chi connectivity index (χ0) is 14.5. The molecule has 20 heavy (non-hydrogen) atoms. The first kappa shape index (κ1) is 15.1. The average Bonchev–Trinajstić information content (AvgIpc) is 2.97. The molecule has 0 aliphatic carbocycles. The number of nitrogens with zero attached hydrogens (tertiary/aromatic N) is 3. The Morgan fingerprint density at radius 3 is 2.85 bits per heavy atom. The average molecular weight is 311 g/mol. The molecule has 0 amide bonds. The molecule has 0 bridgehead atoms. The number of rotatable bonds is 7. The van der Waals surface area contributed by atoms with E-state index in [2.05, 4.69) is 34.8 Å². The molecule has 7 heteroatoms. The minimum absolute atomic E-state index is 0.00682. The number of thioether (sulfide) groups is 1. The van der Waals surface area contributed by atoms with Gasteiger partial charge in [-0.25, -0.2) is 0 Å². The molecule has 0 atom stereocenters. The van der Waals surface area contributed by atoms with Gasteiger partial charge in [0.15, 0.2) is 5.16 Å². The third kappa shape index (κ3) is 3.61. The lowest BCUT2D eigenvalue weighted by Gasteiger charge is -2.09. The number of hydrogen-bond donors (Lipinski definition) is 1. The summed E-state index contributed by atoms with van der Waals surface area (Å²) in [5.41, 5.74) is 2.49. The maximum absolute atomic E-state index is 10.7. The Morgan fingerprint density at radius 2 is 2.25 bits per heavy atom. The first-order valence-electron chi connectivity index (χ1n) is 6.40. The van der Waals surface area contributed by atoms with Crippen LogP contribution in [0.3, 0.4) is 0 Å². The number of hydrogen-bond acceptors (Lipinski definition) is 5. The van der Waals surface area contributed by atoms with Gasteiger partial charge in [-0.05, 0) is 35.2 Å². The van der Waals surface area contributed by atoms with Crippen molar-refractivity contribution in [3.63, 3.8) is 0 Å². The molecule has 0 spiro atoms. The fraction of sp³-hybridized carbons (Fsp3) is 0.462. The van der Waals surface area contributed by atoms with Crippen LogP contribution < -0.4 is 0 Å². The molecular weight excluding hydrogens is 294 g/mol. The summed E-state index contributed by atoms with van der Waals surface area (Å²) in [6.45, 7) is 4.89. The number of aliphatic carboxylic acids is 1. The predicted octanol–water partition coefficient (Wildman–Crippen LogP) is 2.83. The van der Waals surface area contributed by atoms with Gasteiger partial charge in [0, 0.05) is 6.42 Å². The highest BCUT2D eigenvalue weighted by atomic mass is 32.2. The van der Waals surface area contributed by atoms with Crippen LogP contribution in [0.25, 0.3) is 0 Å². The first-order chi connectivity index (χ1) is 9.61. The Bertz CT molecular complexity index is 592. The maximum Gasteiger partial charge on any atom is 0.313 e. The van der Waals surface area contributed by atoms with Crippen LogP contribution in [0.4, 0.5) is 0 Å².